The van der Waals surface area contributed by atoms with Crippen LogP contribution in [0.5, 0.6) is 0 Å². The van der Waals surface area contributed by atoms with Gasteiger partial charge in [-0.25, -0.2) is 0 Å². The molecule has 0 aromatic carbocycles. The minimum atomic E-state index is -0.0599. The zero-order chi connectivity index (χ0) is 17.9. The van der Waals surface area contributed by atoms with Gasteiger partial charge < -0.3 is 24.4 Å². The number of halogens is 1. The second-order valence-corrected chi connectivity index (χ2v) is 6.52. The van der Waals surface area contributed by atoms with E-state index < -0.39 is 0 Å². The molecule has 0 bridgehead atoms. The summed E-state index contributed by atoms with van der Waals surface area (Å²) in [6, 6.07) is 0. The van der Waals surface area contributed by atoms with E-state index >= 15 is 0 Å². The van der Waals surface area contributed by atoms with Gasteiger partial charge in [-0.3, -0.25) is 9.79 Å². The Kier molecular flexibility index (Phi) is 12.2. The minimum Gasteiger partial charge on any atom is -0.466 e. The highest BCUT2D eigenvalue weighted by Crippen LogP contribution is 2.18. The SMILES string of the molecule is CCOC(=O)C1CCN(C(=NC)NCCCOC2CCOCC2)CC1.I. The third-order valence-corrected chi connectivity index (χ3v) is 4.75. The molecule has 0 spiro atoms. The van der Waals surface area contributed by atoms with E-state index in [2.05, 4.69) is 15.2 Å². The number of hydrogen-bond donors (Lipinski definition) is 1. The molecule has 0 amide bonds. The van der Waals surface area contributed by atoms with Crippen molar-refractivity contribution in [1.29, 1.82) is 0 Å². The van der Waals surface area contributed by atoms with Gasteiger partial charge in [0.25, 0.3) is 0 Å². The van der Waals surface area contributed by atoms with E-state index in [1.807, 2.05) is 6.92 Å². The second-order valence-electron chi connectivity index (χ2n) is 6.52. The number of ether oxygens (including phenoxy) is 3. The van der Waals surface area contributed by atoms with Gasteiger partial charge in [-0.05, 0) is 39.0 Å². The van der Waals surface area contributed by atoms with Crippen LogP contribution in [0.3, 0.4) is 0 Å². The standard InChI is InChI=1S/C18H33N3O4.HI/c1-3-24-17(22)15-5-10-21(11-6-15)18(19-2)20-9-4-12-25-16-7-13-23-14-8-16;/h15-16H,3-14H2,1-2H3,(H,19,20);1H. The normalized spacial score (nSPS) is 19.8. The fourth-order valence-electron chi connectivity index (χ4n) is 3.28. The first-order valence-electron chi connectivity index (χ1n) is 9.56. The Labute approximate surface area is 174 Å². The highest BCUT2D eigenvalue weighted by molar-refractivity contribution is 14.0. The Balaban J connectivity index is 0.00000338. The Morgan fingerprint density at radius 1 is 1.23 bits per heavy atom. The maximum atomic E-state index is 11.8. The molecule has 2 saturated heterocycles. The maximum absolute atomic E-state index is 11.8. The topological polar surface area (TPSA) is 72.4 Å². The molecule has 2 aliphatic rings. The molecule has 0 radical (unpaired) electrons. The molecule has 152 valence electrons. The van der Waals surface area contributed by atoms with E-state index in [1.54, 1.807) is 7.05 Å². The summed E-state index contributed by atoms with van der Waals surface area (Å²) in [6.45, 7) is 7.22. The summed E-state index contributed by atoms with van der Waals surface area (Å²) in [4.78, 5) is 18.4. The number of likely N-dealkylation sites (tertiary alicyclic amines) is 1. The van der Waals surface area contributed by atoms with Crippen LogP contribution in [0.15, 0.2) is 4.99 Å². The second kappa shape index (κ2) is 13.5. The van der Waals surface area contributed by atoms with Crippen LogP contribution in [0.25, 0.3) is 0 Å². The first-order chi connectivity index (χ1) is 12.2. The Hall–Kier alpha value is -0.610. The van der Waals surface area contributed by atoms with Gasteiger partial charge >= 0.3 is 5.97 Å². The van der Waals surface area contributed by atoms with Crippen LogP contribution in [-0.2, 0) is 19.0 Å². The molecule has 0 aromatic rings. The number of aliphatic imine (C=N–C) groups is 1. The number of nitrogens with zero attached hydrogens (tertiary/aromatic N) is 2. The van der Waals surface area contributed by atoms with Crippen LogP contribution in [0.1, 0.15) is 39.0 Å². The first-order valence-corrected chi connectivity index (χ1v) is 9.56. The predicted molar refractivity (Wildman–Crippen MR) is 112 cm³/mol. The number of hydrogen-bond acceptors (Lipinski definition) is 5. The summed E-state index contributed by atoms with van der Waals surface area (Å²) in [6.07, 6.45) is 4.97. The Bertz CT molecular complexity index is 423. The van der Waals surface area contributed by atoms with Gasteiger partial charge in [0, 0.05) is 46.5 Å². The van der Waals surface area contributed by atoms with Crippen molar-refractivity contribution in [2.24, 2.45) is 10.9 Å². The number of carbonyl (C=O) groups excluding carboxylic acids is 1. The van der Waals surface area contributed by atoms with E-state index in [-0.39, 0.29) is 35.9 Å². The van der Waals surface area contributed by atoms with Crippen molar-refractivity contribution in [3.63, 3.8) is 0 Å². The molecule has 0 saturated carbocycles. The molecular formula is C18H34IN3O4. The van der Waals surface area contributed by atoms with Gasteiger partial charge in [0.15, 0.2) is 5.96 Å². The van der Waals surface area contributed by atoms with E-state index in [9.17, 15) is 4.79 Å². The summed E-state index contributed by atoms with van der Waals surface area (Å²) in [5, 5.41) is 3.40. The van der Waals surface area contributed by atoms with Gasteiger partial charge in [0.05, 0.1) is 18.6 Å². The van der Waals surface area contributed by atoms with Crippen molar-refractivity contribution < 1.29 is 19.0 Å². The van der Waals surface area contributed by atoms with Crippen LogP contribution in [-0.4, -0.2) is 76.0 Å². The van der Waals surface area contributed by atoms with Crippen molar-refractivity contribution in [3.8, 4) is 0 Å². The number of piperidine rings is 1. The van der Waals surface area contributed by atoms with E-state index in [0.717, 1.165) is 77.5 Å². The Morgan fingerprint density at radius 2 is 1.92 bits per heavy atom. The molecule has 0 unspecified atom stereocenters. The summed E-state index contributed by atoms with van der Waals surface area (Å²) in [7, 11) is 1.80. The molecule has 2 heterocycles. The zero-order valence-electron chi connectivity index (χ0n) is 16.1. The molecule has 7 nitrogen and oxygen atoms in total. The quantitative estimate of drug-likeness (QED) is 0.197. The lowest BCUT2D eigenvalue weighted by molar-refractivity contribution is -0.149. The number of carbonyl (C=O) groups is 1. The van der Waals surface area contributed by atoms with E-state index in [1.165, 1.54) is 0 Å². The fourth-order valence-corrected chi connectivity index (χ4v) is 3.28. The van der Waals surface area contributed by atoms with Crippen LogP contribution >= 0.6 is 24.0 Å². The lowest BCUT2D eigenvalue weighted by Crippen LogP contribution is -2.47. The predicted octanol–water partition coefficient (Wildman–Crippen LogP) is 2.04. The summed E-state index contributed by atoms with van der Waals surface area (Å²) in [5.41, 5.74) is 0. The van der Waals surface area contributed by atoms with Crippen molar-refractivity contribution in [3.05, 3.63) is 0 Å². The largest absolute Gasteiger partial charge is 0.466 e. The third kappa shape index (κ3) is 7.96. The van der Waals surface area contributed by atoms with Gasteiger partial charge in [-0.1, -0.05) is 0 Å². The first kappa shape index (κ1) is 23.4. The lowest BCUT2D eigenvalue weighted by atomic mass is 9.97. The van der Waals surface area contributed by atoms with E-state index in [4.69, 9.17) is 14.2 Å². The summed E-state index contributed by atoms with van der Waals surface area (Å²) in [5.74, 6) is 0.880. The van der Waals surface area contributed by atoms with Crippen molar-refractivity contribution in [2.45, 2.75) is 45.1 Å². The molecule has 26 heavy (non-hydrogen) atoms. The molecule has 2 fully saturated rings. The molecule has 0 aliphatic carbocycles. The lowest BCUT2D eigenvalue weighted by Gasteiger charge is -2.33. The number of esters is 1. The molecule has 8 heteroatoms. The van der Waals surface area contributed by atoms with E-state index in [0.29, 0.717) is 12.7 Å². The van der Waals surface area contributed by atoms with Crippen LogP contribution in [0.2, 0.25) is 0 Å². The molecule has 0 atom stereocenters. The van der Waals surface area contributed by atoms with Gasteiger partial charge in [0.2, 0.25) is 0 Å². The van der Waals surface area contributed by atoms with Crippen LogP contribution in [0.4, 0.5) is 0 Å². The highest BCUT2D eigenvalue weighted by atomic mass is 127. The molecular weight excluding hydrogens is 449 g/mol. The van der Waals surface area contributed by atoms with Crippen LogP contribution in [0, 0.1) is 5.92 Å². The van der Waals surface area contributed by atoms with Crippen molar-refractivity contribution in [2.75, 3.05) is 53.1 Å². The van der Waals surface area contributed by atoms with Crippen molar-refractivity contribution in [1.82, 2.24) is 10.2 Å². The van der Waals surface area contributed by atoms with Crippen LogP contribution < -0.4 is 5.32 Å². The average molecular weight is 483 g/mol. The molecule has 2 aliphatic heterocycles. The number of nitrogens with one attached hydrogen (secondary N) is 1. The molecule has 2 rings (SSSR count). The number of rotatable bonds is 7. The molecule has 1 N–H and O–H groups in total. The number of guanidine groups is 1. The minimum absolute atomic E-state index is 0. The van der Waals surface area contributed by atoms with Gasteiger partial charge in [-0.15, -0.1) is 24.0 Å². The summed E-state index contributed by atoms with van der Waals surface area (Å²) < 4.78 is 16.3. The van der Waals surface area contributed by atoms with Crippen molar-refractivity contribution >= 4 is 35.9 Å². The van der Waals surface area contributed by atoms with Gasteiger partial charge in [0.1, 0.15) is 0 Å². The molecule has 0 aromatic heterocycles. The zero-order valence-corrected chi connectivity index (χ0v) is 18.4. The smallest absolute Gasteiger partial charge is 0.309 e. The monoisotopic (exact) mass is 483 g/mol. The maximum Gasteiger partial charge on any atom is 0.309 e. The fraction of sp³-hybridized carbons (Fsp3) is 0.889. The highest BCUT2D eigenvalue weighted by Gasteiger charge is 2.27. The van der Waals surface area contributed by atoms with Gasteiger partial charge in [-0.2, -0.15) is 0 Å². The summed E-state index contributed by atoms with van der Waals surface area (Å²) >= 11 is 0. The Morgan fingerprint density at radius 3 is 2.54 bits per heavy atom. The average Bonchev–Trinajstić information content (AvgIpc) is 2.66. The third-order valence-electron chi connectivity index (χ3n) is 4.75.